The standard InChI is InChI=1S/C57H37N5/c1-4-17-38(18-5-1)41-23-14-25-43(35-41)44-26-16-28-46(37-44)61-51-31-12-10-29-47(51)49-33-34-50-48-30-11-13-32-52(48)62(54(50)53(49)61)57-59-55(40-21-8-3-9-22-40)58-56(60-57)45-27-15-24-42(36-45)39-19-6-2-7-20-39/h1-37H/i10D,11D,29D,30D,31D,32D,33D,34D. The van der Waals surface area contributed by atoms with Crippen molar-refractivity contribution in [2.75, 3.05) is 0 Å². The first-order valence-corrected chi connectivity index (χ1v) is 20.3. The normalized spacial score (nSPS) is 13.4. The molecule has 12 rings (SSSR count). The fourth-order valence-corrected chi connectivity index (χ4v) is 8.47. The van der Waals surface area contributed by atoms with Crippen LogP contribution in [0.2, 0.25) is 0 Å². The molecular weight excluding hydrogens is 755 g/mol. The third-order valence-corrected chi connectivity index (χ3v) is 11.3. The number of fused-ring (bicyclic) bond motifs is 7. The number of nitrogens with zero attached hydrogens (tertiary/aromatic N) is 5. The molecule has 0 fully saturated rings. The molecule has 62 heavy (non-hydrogen) atoms. The fourth-order valence-electron chi connectivity index (χ4n) is 8.47. The van der Waals surface area contributed by atoms with Crippen LogP contribution in [-0.2, 0) is 0 Å². The van der Waals surface area contributed by atoms with Crippen LogP contribution in [0.5, 0.6) is 0 Å². The van der Waals surface area contributed by atoms with Crippen LogP contribution in [0.4, 0.5) is 0 Å². The van der Waals surface area contributed by atoms with Crippen LogP contribution >= 0.6 is 0 Å². The number of hydrogen-bond donors (Lipinski definition) is 0. The summed E-state index contributed by atoms with van der Waals surface area (Å²) in [5.74, 6) is 0.652. The van der Waals surface area contributed by atoms with Gasteiger partial charge in [0.25, 0.3) is 0 Å². The van der Waals surface area contributed by atoms with Crippen molar-refractivity contribution >= 4 is 43.6 Å². The Hall–Kier alpha value is -8.41. The fraction of sp³-hybridized carbons (Fsp3) is 0. The molecule has 0 saturated heterocycles. The third kappa shape index (κ3) is 5.98. The highest BCUT2D eigenvalue weighted by molar-refractivity contribution is 6.23. The summed E-state index contributed by atoms with van der Waals surface area (Å²) < 4.78 is 78.6. The maximum absolute atomic E-state index is 9.81. The van der Waals surface area contributed by atoms with Crippen LogP contribution in [0.25, 0.3) is 111 Å². The van der Waals surface area contributed by atoms with Gasteiger partial charge in [0.2, 0.25) is 5.95 Å². The lowest BCUT2D eigenvalue weighted by molar-refractivity contribution is 0.953. The molecule has 0 atom stereocenters. The quantitative estimate of drug-likeness (QED) is 0.161. The summed E-state index contributed by atoms with van der Waals surface area (Å²) in [6.07, 6.45) is 0. The summed E-state index contributed by atoms with van der Waals surface area (Å²) in [7, 11) is 0. The zero-order valence-corrected chi connectivity index (χ0v) is 33.0. The lowest BCUT2D eigenvalue weighted by Crippen LogP contribution is -2.07. The van der Waals surface area contributed by atoms with Crippen LogP contribution in [0.1, 0.15) is 11.0 Å². The van der Waals surface area contributed by atoms with Gasteiger partial charge in [-0.2, -0.15) is 9.97 Å². The molecule has 0 bridgehead atoms. The molecule has 290 valence electrons. The number of hydrogen-bond acceptors (Lipinski definition) is 3. The van der Waals surface area contributed by atoms with Crippen molar-refractivity contribution in [3.8, 4) is 67.8 Å². The van der Waals surface area contributed by atoms with Crippen LogP contribution < -0.4 is 0 Å². The highest BCUT2D eigenvalue weighted by atomic mass is 15.2. The van der Waals surface area contributed by atoms with E-state index < -0.39 is 0 Å². The van der Waals surface area contributed by atoms with Crippen molar-refractivity contribution in [3.05, 3.63) is 224 Å². The molecule has 0 aliphatic rings. The minimum absolute atomic E-state index is 0.0414. The van der Waals surface area contributed by atoms with E-state index in [1.807, 2.05) is 140 Å². The zero-order valence-electron chi connectivity index (χ0n) is 41.0. The number of benzene rings is 9. The molecular formula is C57H37N5. The van der Waals surface area contributed by atoms with Gasteiger partial charge >= 0.3 is 0 Å². The Morgan fingerprint density at radius 3 is 1.35 bits per heavy atom. The van der Waals surface area contributed by atoms with Crippen molar-refractivity contribution < 1.29 is 11.0 Å². The predicted octanol–water partition coefficient (Wildman–Crippen LogP) is 14.4. The average molecular weight is 800 g/mol. The molecule has 0 radical (unpaired) electrons. The van der Waals surface area contributed by atoms with Crippen LogP contribution in [0.15, 0.2) is 224 Å². The minimum Gasteiger partial charge on any atom is -0.307 e. The second-order valence-corrected chi connectivity index (χ2v) is 15.0. The molecule has 0 aliphatic heterocycles. The van der Waals surface area contributed by atoms with Gasteiger partial charge in [-0.25, -0.2) is 4.98 Å². The van der Waals surface area contributed by atoms with Gasteiger partial charge < -0.3 is 4.57 Å². The summed E-state index contributed by atoms with van der Waals surface area (Å²) in [5.41, 5.74) is 8.55. The van der Waals surface area contributed by atoms with E-state index in [0.29, 0.717) is 28.5 Å². The van der Waals surface area contributed by atoms with Crippen molar-refractivity contribution in [2.45, 2.75) is 0 Å². The first-order chi connectivity index (χ1) is 34.0. The predicted molar refractivity (Wildman–Crippen MR) is 256 cm³/mol. The molecule has 0 amide bonds. The van der Waals surface area contributed by atoms with E-state index in [9.17, 15) is 8.22 Å². The number of para-hydroxylation sites is 2. The molecule has 3 aromatic heterocycles. The highest BCUT2D eigenvalue weighted by Gasteiger charge is 2.24. The molecule has 12 aromatic rings. The Morgan fingerprint density at radius 1 is 0.323 bits per heavy atom. The highest BCUT2D eigenvalue weighted by Crippen LogP contribution is 2.42. The summed E-state index contributed by atoms with van der Waals surface area (Å²) in [6, 6.07) is 54.1. The van der Waals surface area contributed by atoms with Crippen LogP contribution in [-0.4, -0.2) is 24.1 Å². The van der Waals surface area contributed by atoms with Gasteiger partial charge in [-0.3, -0.25) is 4.57 Å². The summed E-state index contributed by atoms with van der Waals surface area (Å²) in [5, 5.41) is 0.467. The second kappa shape index (κ2) is 14.7. The van der Waals surface area contributed by atoms with E-state index in [2.05, 4.69) is 24.3 Å². The van der Waals surface area contributed by atoms with Gasteiger partial charge in [0.05, 0.1) is 33.0 Å². The molecule has 9 aromatic carbocycles. The van der Waals surface area contributed by atoms with Gasteiger partial charge in [0, 0.05) is 38.4 Å². The number of aromatic nitrogens is 5. The summed E-state index contributed by atoms with van der Waals surface area (Å²) in [6.45, 7) is 0. The maximum Gasteiger partial charge on any atom is 0.238 e. The monoisotopic (exact) mass is 799 g/mol. The van der Waals surface area contributed by atoms with Crippen molar-refractivity contribution in [2.24, 2.45) is 0 Å². The Balaban J connectivity index is 1.24. The smallest absolute Gasteiger partial charge is 0.238 e. The molecule has 0 unspecified atom stereocenters. The molecule has 3 heterocycles. The maximum atomic E-state index is 9.81. The Kier molecular flexibility index (Phi) is 6.67. The SMILES string of the molecule is [2H]c1cc([2H])c2c(c1[2H])c1c([2H])c([2H])c3c4c([2H])c([2H])cc([2H])c4n(-c4nc(-c5ccccc5)nc(-c5cccc(-c6ccccc6)c5)n4)c3c1n2-c1cccc(-c2cccc(-c3ccccc3)c2)c1. The van der Waals surface area contributed by atoms with E-state index in [1.54, 1.807) is 9.13 Å². The van der Waals surface area contributed by atoms with E-state index >= 15 is 0 Å². The van der Waals surface area contributed by atoms with E-state index in [1.165, 1.54) is 12.1 Å². The lowest BCUT2D eigenvalue weighted by atomic mass is 9.99. The molecule has 5 heteroatoms. The third-order valence-electron chi connectivity index (χ3n) is 11.3. The Labute approximate surface area is 369 Å². The zero-order chi connectivity index (χ0) is 47.9. The Morgan fingerprint density at radius 2 is 0.758 bits per heavy atom. The topological polar surface area (TPSA) is 48.5 Å². The molecule has 0 aliphatic carbocycles. The van der Waals surface area contributed by atoms with Crippen LogP contribution in [0, 0.1) is 0 Å². The molecule has 0 spiro atoms. The van der Waals surface area contributed by atoms with Gasteiger partial charge in [-0.15, -0.1) is 0 Å². The Bertz CT molecular complexity index is 4100. The van der Waals surface area contributed by atoms with Gasteiger partial charge in [0.1, 0.15) is 0 Å². The van der Waals surface area contributed by atoms with Crippen molar-refractivity contribution in [1.29, 1.82) is 0 Å². The van der Waals surface area contributed by atoms with Gasteiger partial charge in [0.15, 0.2) is 11.6 Å². The largest absolute Gasteiger partial charge is 0.307 e. The molecule has 5 nitrogen and oxygen atoms in total. The minimum atomic E-state index is -0.315. The van der Waals surface area contributed by atoms with E-state index in [-0.39, 0.29) is 97.9 Å². The average Bonchev–Trinajstić information content (AvgIpc) is 3.96. The first kappa shape index (κ1) is 28.1. The lowest BCUT2D eigenvalue weighted by Gasteiger charge is -2.14. The number of rotatable bonds is 7. The van der Waals surface area contributed by atoms with E-state index in [0.717, 1.165) is 33.4 Å². The van der Waals surface area contributed by atoms with Crippen molar-refractivity contribution in [3.63, 3.8) is 0 Å². The molecule has 0 saturated carbocycles. The van der Waals surface area contributed by atoms with Crippen LogP contribution in [0.3, 0.4) is 0 Å². The van der Waals surface area contributed by atoms with Gasteiger partial charge in [-0.1, -0.05) is 188 Å². The second-order valence-electron chi connectivity index (χ2n) is 15.0. The first-order valence-electron chi connectivity index (χ1n) is 24.3. The van der Waals surface area contributed by atoms with E-state index in [4.69, 9.17) is 17.7 Å². The summed E-state index contributed by atoms with van der Waals surface area (Å²) >= 11 is 0. The van der Waals surface area contributed by atoms with Gasteiger partial charge in [-0.05, 0) is 69.7 Å². The van der Waals surface area contributed by atoms with Crippen molar-refractivity contribution in [1.82, 2.24) is 24.1 Å². The molecule has 0 N–H and O–H groups in total. The summed E-state index contributed by atoms with van der Waals surface area (Å²) in [4.78, 5) is 15.3.